The van der Waals surface area contributed by atoms with E-state index in [0.717, 1.165) is 5.75 Å². The van der Waals surface area contributed by atoms with Crippen LogP contribution in [0.3, 0.4) is 0 Å². The van der Waals surface area contributed by atoms with E-state index >= 15 is 0 Å². The van der Waals surface area contributed by atoms with Gasteiger partial charge in [-0.2, -0.15) is 0 Å². The van der Waals surface area contributed by atoms with Gasteiger partial charge in [0.25, 0.3) is 5.69 Å². The molecule has 8 nitrogen and oxygen atoms in total. The molecule has 0 spiro atoms. The average Bonchev–Trinajstić information content (AvgIpc) is 2.68. The molecule has 1 atom stereocenters. The van der Waals surface area contributed by atoms with Crippen molar-refractivity contribution >= 4 is 17.3 Å². The molecule has 2 aromatic carbocycles. The Morgan fingerprint density at radius 3 is 2.75 bits per heavy atom. The van der Waals surface area contributed by atoms with Crippen LogP contribution in [-0.4, -0.2) is 48.1 Å². The summed E-state index contributed by atoms with van der Waals surface area (Å²) in [7, 11) is 0. The number of nitrogens with one attached hydrogen (secondary N) is 1. The van der Waals surface area contributed by atoms with Crippen LogP contribution in [0.1, 0.15) is 12.5 Å². The number of likely N-dealkylation sites (N-methyl/N-ethyl adjacent to an activating group) is 1. The number of hydrogen-bond donors (Lipinski definition) is 1. The van der Waals surface area contributed by atoms with Crippen molar-refractivity contribution in [3.63, 3.8) is 0 Å². The van der Waals surface area contributed by atoms with Gasteiger partial charge >= 0.3 is 0 Å². The molecule has 0 saturated carbocycles. The lowest BCUT2D eigenvalue weighted by Gasteiger charge is -2.30. The number of aryl methyl sites for hydroxylation is 1. The normalized spacial score (nSPS) is 15.3. The molecule has 28 heavy (non-hydrogen) atoms. The third-order valence-electron chi connectivity index (χ3n) is 4.53. The summed E-state index contributed by atoms with van der Waals surface area (Å²) >= 11 is 0. The molecule has 0 radical (unpaired) electrons. The predicted molar refractivity (Wildman–Crippen MR) is 105 cm³/mol. The van der Waals surface area contributed by atoms with Gasteiger partial charge in [0.1, 0.15) is 12.7 Å². The van der Waals surface area contributed by atoms with Crippen LogP contribution in [0.15, 0.2) is 42.5 Å². The zero-order chi connectivity index (χ0) is 20.1. The Labute approximate surface area is 163 Å². The van der Waals surface area contributed by atoms with Crippen LogP contribution in [0.2, 0.25) is 0 Å². The smallest absolute Gasteiger partial charge is 0.274 e. The number of para-hydroxylation sites is 2. The highest BCUT2D eigenvalue weighted by Gasteiger charge is 2.23. The Kier molecular flexibility index (Phi) is 6.10. The van der Waals surface area contributed by atoms with Crippen molar-refractivity contribution in [2.45, 2.75) is 20.0 Å². The van der Waals surface area contributed by atoms with Crippen molar-refractivity contribution in [3.05, 3.63) is 58.1 Å². The van der Waals surface area contributed by atoms with E-state index in [1.165, 1.54) is 6.07 Å². The number of ether oxygens (including phenoxy) is 2. The van der Waals surface area contributed by atoms with Gasteiger partial charge in [-0.15, -0.1) is 0 Å². The molecule has 8 heteroatoms. The van der Waals surface area contributed by atoms with Gasteiger partial charge in [0, 0.05) is 23.9 Å². The molecule has 0 aliphatic carbocycles. The Morgan fingerprint density at radius 2 is 2.04 bits per heavy atom. The lowest BCUT2D eigenvalue weighted by molar-refractivity contribution is -0.385. The first-order chi connectivity index (χ1) is 13.5. The molecule has 2 aromatic rings. The van der Waals surface area contributed by atoms with Crippen molar-refractivity contribution in [2.75, 3.05) is 31.6 Å². The number of benzene rings is 2. The second kappa shape index (κ2) is 8.71. The van der Waals surface area contributed by atoms with E-state index in [2.05, 4.69) is 5.32 Å². The fraction of sp³-hybridized carbons (Fsp3) is 0.350. The minimum atomic E-state index is -0.457. The molecule has 1 N–H and O–H groups in total. The van der Waals surface area contributed by atoms with Gasteiger partial charge in [0.05, 0.1) is 11.5 Å². The maximum Gasteiger partial charge on any atom is 0.274 e. The third kappa shape index (κ3) is 4.77. The zero-order valence-corrected chi connectivity index (χ0v) is 15.9. The van der Waals surface area contributed by atoms with Gasteiger partial charge in [-0.1, -0.05) is 25.1 Å². The average molecular weight is 385 g/mol. The monoisotopic (exact) mass is 385 g/mol. The lowest BCUT2D eigenvalue weighted by atomic mass is 10.2. The molecule has 0 saturated heterocycles. The number of carbonyl (C=O) groups is 1. The Hall–Kier alpha value is -3.13. The van der Waals surface area contributed by atoms with Crippen molar-refractivity contribution in [1.29, 1.82) is 0 Å². The van der Waals surface area contributed by atoms with Crippen LogP contribution in [-0.2, 0) is 4.79 Å². The van der Waals surface area contributed by atoms with Crippen LogP contribution in [0.4, 0.5) is 11.4 Å². The number of nitro groups is 1. The maximum atomic E-state index is 12.4. The summed E-state index contributed by atoms with van der Waals surface area (Å²) in [6, 6.07) is 12.1. The van der Waals surface area contributed by atoms with Gasteiger partial charge in [-0.05, 0) is 31.7 Å². The number of rotatable bonds is 7. The topological polar surface area (TPSA) is 93.9 Å². The van der Waals surface area contributed by atoms with E-state index in [-0.39, 0.29) is 24.2 Å². The van der Waals surface area contributed by atoms with Crippen LogP contribution in [0.25, 0.3) is 0 Å². The number of nitro benzene ring substituents is 1. The van der Waals surface area contributed by atoms with Crippen LogP contribution in [0, 0.1) is 17.0 Å². The second-order valence-electron chi connectivity index (χ2n) is 6.63. The van der Waals surface area contributed by atoms with Crippen LogP contribution < -0.4 is 14.8 Å². The third-order valence-corrected chi connectivity index (χ3v) is 4.53. The van der Waals surface area contributed by atoms with E-state index < -0.39 is 4.92 Å². The predicted octanol–water partition coefficient (Wildman–Crippen LogP) is 3.00. The second-order valence-corrected chi connectivity index (χ2v) is 6.63. The number of fused-ring (bicyclic) bond motifs is 1. The highest BCUT2D eigenvalue weighted by atomic mass is 16.6. The Bertz CT molecular complexity index is 871. The van der Waals surface area contributed by atoms with Crippen LogP contribution >= 0.6 is 0 Å². The maximum absolute atomic E-state index is 12.4. The number of hydrogen-bond acceptors (Lipinski definition) is 6. The molecule has 0 fully saturated rings. The Balaban J connectivity index is 1.57. The first-order valence-corrected chi connectivity index (χ1v) is 9.12. The summed E-state index contributed by atoms with van der Waals surface area (Å²) in [5, 5.41) is 13.8. The Morgan fingerprint density at radius 1 is 1.29 bits per heavy atom. The number of carbonyl (C=O) groups excluding carboxylic acids is 1. The largest absolute Gasteiger partial charge is 0.486 e. The van der Waals surface area contributed by atoms with Crippen molar-refractivity contribution in [3.8, 4) is 11.5 Å². The van der Waals surface area contributed by atoms with Crippen molar-refractivity contribution < 1.29 is 19.2 Å². The molecule has 0 bridgehead atoms. The minimum Gasteiger partial charge on any atom is -0.486 e. The highest BCUT2D eigenvalue weighted by molar-refractivity contribution is 5.92. The first-order valence-electron chi connectivity index (χ1n) is 9.12. The molecule has 1 aliphatic rings. The van der Waals surface area contributed by atoms with Crippen LogP contribution in [0.5, 0.6) is 11.5 Å². The van der Waals surface area contributed by atoms with Gasteiger partial charge in [-0.3, -0.25) is 19.8 Å². The summed E-state index contributed by atoms with van der Waals surface area (Å²) in [6.07, 6.45) is -0.178. The quantitative estimate of drug-likeness (QED) is 0.582. The molecule has 148 valence electrons. The number of nitrogens with zero attached hydrogens (tertiary/aromatic N) is 2. The fourth-order valence-corrected chi connectivity index (χ4v) is 3.03. The fourth-order valence-electron chi connectivity index (χ4n) is 3.03. The summed E-state index contributed by atoms with van der Waals surface area (Å²) in [5.74, 6) is 1.18. The van der Waals surface area contributed by atoms with Gasteiger partial charge in [0.15, 0.2) is 11.5 Å². The van der Waals surface area contributed by atoms with E-state index in [1.807, 2.05) is 36.1 Å². The van der Waals surface area contributed by atoms with Crippen molar-refractivity contribution in [1.82, 2.24) is 4.90 Å². The summed E-state index contributed by atoms with van der Waals surface area (Å²) in [6.45, 7) is 5.38. The highest BCUT2D eigenvalue weighted by Crippen LogP contribution is 2.31. The number of anilines is 1. The van der Waals surface area contributed by atoms with Gasteiger partial charge in [0.2, 0.25) is 5.91 Å². The first kappa shape index (κ1) is 19.6. The van der Waals surface area contributed by atoms with Crippen molar-refractivity contribution in [2.24, 2.45) is 0 Å². The standard InChI is InChI=1S/C20H23N3O5/c1-3-22(11-16-13-27-18-6-4-5-7-19(18)28-16)12-20(24)21-15-9-8-14(2)17(10-15)23(25)26/h4-10,16H,3,11-13H2,1-2H3,(H,21,24). The molecule has 1 heterocycles. The van der Waals surface area contributed by atoms with E-state index in [0.29, 0.717) is 36.7 Å². The molecular formula is C20H23N3O5. The summed E-state index contributed by atoms with van der Waals surface area (Å²) < 4.78 is 11.7. The molecule has 1 amide bonds. The summed E-state index contributed by atoms with van der Waals surface area (Å²) in [5.41, 5.74) is 0.939. The minimum absolute atomic E-state index is 0.0171. The van der Waals surface area contributed by atoms with Gasteiger partial charge in [-0.25, -0.2) is 0 Å². The molecule has 0 aromatic heterocycles. The van der Waals surface area contributed by atoms with Gasteiger partial charge < -0.3 is 14.8 Å². The zero-order valence-electron chi connectivity index (χ0n) is 15.9. The lowest BCUT2D eigenvalue weighted by Crippen LogP contribution is -2.43. The van der Waals surface area contributed by atoms with E-state index in [4.69, 9.17) is 9.47 Å². The molecule has 1 unspecified atom stereocenters. The van der Waals surface area contributed by atoms with E-state index in [1.54, 1.807) is 19.1 Å². The molecular weight excluding hydrogens is 362 g/mol. The van der Waals surface area contributed by atoms with E-state index in [9.17, 15) is 14.9 Å². The SMILES string of the molecule is CCN(CC(=O)Nc1ccc(C)c([N+](=O)[O-])c1)CC1COc2ccccc2O1. The molecule has 1 aliphatic heterocycles. The molecule has 3 rings (SSSR count). The summed E-state index contributed by atoms with van der Waals surface area (Å²) in [4.78, 5) is 24.9. The number of amides is 1.